The summed E-state index contributed by atoms with van der Waals surface area (Å²) in [6, 6.07) is 57.4. The molecule has 0 aromatic heterocycles. The third-order valence-electron chi connectivity index (χ3n) is 25.4. The molecule has 0 radical (unpaired) electrons. The number of aliphatic hydroxyl groups excluding tert-OH is 1. The lowest BCUT2D eigenvalue weighted by molar-refractivity contribution is -0.0437. The molecule has 8 heteroatoms. The van der Waals surface area contributed by atoms with Gasteiger partial charge in [-0.25, -0.2) is 0 Å². The number of aryl methyl sites for hydroxylation is 1. The van der Waals surface area contributed by atoms with Crippen LogP contribution in [0.3, 0.4) is 0 Å². The zero-order valence-corrected chi connectivity index (χ0v) is 88.0. The Morgan fingerprint density at radius 3 is 1.33 bits per heavy atom. The summed E-state index contributed by atoms with van der Waals surface area (Å²) in [6.45, 7) is 99.9. The molecule has 716 valence electrons. The van der Waals surface area contributed by atoms with Gasteiger partial charge in [0.2, 0.25) is 5.79 Å². The van der Waals surface area contributed by atoms with E-state index in [1.807, 2.05) is 32.1 Å². The fourth-order valence-corrected chi connectivity index (χ4v) is 19.0. The summed E-state index contributed by atoms with van der Waals surface area (Å²) in [5, 5.41) is 16.2. The summed E-state index contributed by atoms with van der Waals surface area (Å²) in [5.74, 6) is 2.33. The Balaban J connectivity index is 0.000000261. The first kappa shape index (κ1) is 112. The minimum atomic E-state index is -0.538. The predicted molar refractivity (Wildman–Crippen MR) is 567 cm³/mol. The number of rotatable bonds is 7. The van der Waals surface area contributed by atoms with E-state index in [1.165, 1.54) is 129 Å². The molecule has 8 aromatic rings. The third kappa shape index (κ3) is 31.0. The van der Waals surface area contributed by atoms with Gasteiger partial charge in [-0.05, 0) is 220 Å². The number of aliphatic hydroxyl groups is 1. The van der Waals surface area contributed by atoms with Crippen molar-refractivity contribution in [1.82, 2.24) is 9.80 Å². The summed E-state index contributed by atoms with van der Waals surface area (Å²) in [7, 11) is 0. The van der Waals surface area contributed by atoms with Crippen molar-refractivity contribution in [3.05, 3.63) is 265 Å². The van der Waals surface area contributed by atoms with Crippen LogP contribution in [0, 0.1) is 10.8 Å². The molecule has 1 unspecified atom stereocenters. The molecule has 0 fully saturated rings. The highest BCUT2D eigenvalue weighted by Gasteiger charge is 2.42. The standard InChI is InChI=1S/2C18H29N.C15H24O.C15H22.C14H20O.2C13H19N.C13H18O2.2CH4/c1-17(2,3)13-19-11-10-15-14(12-19)8-7-9-16(15)18(4,5)6;1-8-19-12-13-10-9-11-14(17(2,3)4)15(13)16(19)18(5,6)7;1-14(2,3)12-8-6-7-9-13(12)15(4,5)10-11-16;1-7-15(5,6)13-11-9-8-10-12(13)14(2,3)4;1-13(2,3)11-8-6-7-10-9-14(4,5)15-12(10)11;1-13(2,3)11-7-4-8-12-10(11)6-5-9-14-12;1-13(2,3)11-8-4-6-10-7-5-9-14-12(10)11;1-12(2,3)9-7-6-8-10-11(9)15-13(4,5)14-10;;/h7-9H,10-13H2,1-6H3;9-11,16H,8,12H2,1-7H3;6-9,16H,10-11H2,1-5H3;7-11H,1H2,2-6H3;6-8H,9H2,1-5H3;4,7-8,14H,5-6,9H2,1-3H3;4,6,8,14H,5,7,9H2,1-3H3;6-8H,1-5H3;2*1H4. The summed E-state index contributed by atoms with van der Waals surface area (Å²) in [4.78, 5) is 5.23. The Labute approximate surface area is 793 Å². The first-order chi connectivity index (χ1) is 58.2. The van der Waals surface area contributed by atoms with Gasteiger partial charge in [0, 0.05) is 94.5 Å². The molecule has 8 nitrogen and oxygen atoms in total. The van der Waals surface area contributed by atoms with Crippen LogP contribution in [0.1, 0.15) is 405 Å². The molecule has 0 amide bonds. The van der Waals surface area contributed by atoms with E-state index in [4.69, 9.17) is 19.3 Å². The van der Waals surface area contributed by atoms with E-state index in [9.17, 15) is 0 Å². The molecule has 0 saturated heterocycles. The first-order valence-corrected chi connectivity index (χ1v) is 48.4. The maximum absolute atomic E-state index is 9.16. The van der Waals surface area contributed by atoms with Gasteiger partial charge in [-0.15, -0.1) is 6.58 Å². The van der Waals surface area contributed by atoms with Crippen molar-refractivity contribution in [2.75, 3.05) is 50.0 Å². The highest BCUT2D eigenvalue weighted by molar-refractivity contribution is 5.62. The van der Waals surface area contributed by atoms with Crippen molar-refractivity contribution < 1.29 is 19.3 Å². The number of nitrogens with zero attached hydrogens (tertiary/aromatic N) is 2. The molecule has 6 aliphatic heterocycles. The van der Waals surface area contributed by atoms with E-state index < -0.39 is 5.79 Å². The second kappa shape index (κ2) is 43.6. The maximum atomic E-state index is 9.16. The Bertz CT molecular complexity index is 4740. The fraction of sp³-hybridized carbons (Fsp3) is 0.587. The molecule has 6 aliphatic rings. The monoisotopic (exact) mass is 1760 g/mol. The van der Waals surface area contributed by atoms with Gasteiger partial charge < -0.3 is 30.0 Å². The minimum absolute atomic E-state index is 0. The van der Waals surface area contributed by atoms with Crippen LogP contribution < -0.4 is 24.8 Å². The highest BCUT2D eigenvalue weighted by Crippen LogP contribution is 2.51. The average Bonchev–Trinajstić information content (AvgIpc) is 1.61. The predicted octanol–water partition coefficient (Wildman–Crippen LogP) is 32.5. The Morgan fingerprint density at radius 1 is 0.411 bits per heavy atom. The summed E-state index contributed by atoms with van der Waals surface area (Å²) >= 11 is 0. The Kier molecular flexibility index (Phi) is 37.8. The molecule has 14 rings (SSSR count). The van der Waals surface area contributed by atoms with Crippen LogP contribution in [-0.2, 0) is 92.9 Å². The average molecular weight is 1760 g/mol. The lowest BCUT2D eigenvalue weighted by atomic mass is 9.73. The molecule has 0 spiro atoms. The van der Waals surface area contributed by atoms with Crippen LogP contribution in [0.15, 0.2) is 170 Å². The van der Waals surface area contributed by atoms with E-state index in [-0.39, 0.29) is 86.6 Å². The van der Waals surface area contributed by atoms with Gasteiger partial charge in [0.05, 0.1) is 0 Å². The van der Waals surface area contributed by atoms with E-state index in [0.717, 1.165) is 62.8 Å². The second-order valence-electron chi connectivity index (χ2n) is 49.9. The van der Waals surface area contributed by atoms with Crippen LogP contribution in [-0.4, -0.2) is 65.6 Å². The van der Waals surface area contributed by atoms with Crippen molar-refractivity contribution in [3.63, 3.8) is 0 Å². The van der Waals surface area contributed by atoms with Crippen LogP contribution in [0.4, 0.5) is 11.4 Å². The van der Waals surface area contributed by atoms with Crippen LogP contribution in [0.2, 0.25) is 0 Å². The summed E-state index contributed by atoms with van der Waals surface area (Å²) < 4.78 is 17.6. The van der Waals surface area contributed by atoms with E-state index in [2.05, 4.69) is 429 Å². The smallest absolute Gasteiger partial charge is 0.246 e. The Hall–Kier alpha value is -7.62. The third-order valence-corrected chi connectivity index (χ3v) is 25.4. The van der Waals surface area contributed by atoms with Crippen molar-refractivity contribution in [3.8, 4) is 17.2 Å². The van der Waals surface area contributed by atoms with Gasteiger partial charge in [-0.3, -0.25) is 9.80 Å². The second-order valence-corrected chi connectivity index (χ2v) is 49.9. The molecular weight excluding hydrogens is 1570 g/mol. The molecule has 0 aliphatic carbocycles. The van der Waals surface area contributed by atoms with Crippen LogP contribution in [0.25, 0.3) is 0 Å². The van der Waals surface area contributed by atoms with Gasteiger partial charge in [0.15, 0.2) is 11.5 Å². The van der Waals surface area contributed by atoms with Crippen molar-refractivity contribution >= 4 is 11.4 Å². The molecular formula is C121H188N4O4. The first-order valence-electron chi connectivity index (χ1n) is 48.4. The number of nitrogens with one attached hydrogen (secondary N) is 2. The molecule has 3 N–H and O–H groups in total. The highest BCUT2D eigenvalue weighted by atomic mass is 16.7. The maximum Gasteiger partial charge on any atom is 0.246 e. The Morgan fingerprint density at radius 2 is 0.829 bits per heavy atom. The van der Waals surface area contributed by atoms with E-state index >= 15 is 0 Å². The van der Waals surface area contributed by atoms with Crippen molar-refractivity contribution in [2.24, 2.45) is 10.8 Å². The number of allylic oxidation sites excluding steroid dienone is 1. The number of ether oxygens (including phenoxy) is 3. The van der Waals surface area contributed by atoms with Crippen molar-refractivity contribution in [2.45, 2.75) is 414 Å². The van der Waals surface area contributed by atoms with Gasteiger partial charge in [0.25, 0.3) is 0 Å². The number of para-hydroxylation sites is 3. The molecule has 6 heterocycles. The topological polar surface area (TPSA) is 78.5 Å². The molecule has 129 heavy (non-hydrogen) atoms. The number of anilines is 2. The van der Waals surface area contributed by atoms with Crippen molar-refractivity contribution in [1.29, 1.82) is 0 Å². The number of hydrogen-bond acceptors (Lipinski definition) is 8. The lowest BCUT2D eigenvalue weighted by Gasteiger charge is -2.37. The SMILES string of the molecule is C.C.C=CC(C)(C)c1ccccc1C(C)(C)C.CC(C)(C)CN1CCc2c(cccc2C(C)(C)C)C1.CC(C)(C)c1cccc2c1CCCN2.CC(C)(C)c1cccc2c1NCCC2.CC(C)(C)c1ccccc1C(C)(C)CCO.CC1(C)Cc2cccc(C(C)(C)C)c2O1.CC1(C)Oc2cccc(C(C)(C)C)c2O1.CCN1Cc2cccc(C(C)(C)C)c2C1C(C)(C)C. The molecule has 1 atom stereocenters. The van der Waals surface area contributed by atoms with Crippen LogP contribution >= 0.6 is 0 Å². The van der Waals surface area contributed by atoms with Crippen LogP contribution in [0.5, 0.6) is 17.2 Å². The number of fused-ring (bicyclic) bond motifs is 6. The molecule has 0 bridgehead atoms. The lowest BCUT2D eigenvalue weighted by Crippen LogP contribution is -2.37. The quantitative estimate of drug-likeness (QED) is 0.136. The minimum Gasteiger partial charge on any atom is -0.487 e. The van der Waals surface area contributed by atoms with Gasteiger partial charge in [-0.1, -0.05) is 409 Å². The van der Waals surface area contributed by atoms with E-state index in [0.29, 0.717) is 11.5 Å². The number of benzene rings is 8. The number of hydrogen-bond donors (Lipinski definition) is 3. The molecule has 0 saturated carbocycles. The zero-order chi connectivity index (χ0) is 95.7. The zero-order valence-electron chi connectivity index (χ0n) is 88.0. The largest absolute Gasteiger partial charge is 0.487 e. The van der Waals surface area contributed by atoms with Gasteiger partial charge in [0.1, 0.15) is 11.4 Å². The van der Waals surface area contributed by atoms with Gasteiger partial charge in [-0.2, -0.15) is 0 Å². The van der Waals surface area contributed by atoms with E-state index in [1.54, 1.807) is 22.3 Å². The summed E-state index contributed by atoms with van der Waals surface area (Å²) in [5.41, 5.74) is 29.8. The normalized spacial score (nSPS) is 16.4. The fourth-order valence-electron chi connectivity index (χ4n) is 19.0. The van der Waals surface area contributed by atoms with Gasteiger partial charge >= 0.3 is 0 Å². The molecule has 8 aromatic carbocycles. The summed E-state index contributed by atoms with van der Waals surface area (Å²) in [6.07, 6.45) is 10.0.